The third-order valence-electron chi connectivity index (χ3n) is 3.69. The van der Waals surface area contributed by atoms with Crippen LogP contribution in [0.25, 0.3) is 5.57 Å². The highest BCUT2D eigenvalue weighted by Crippen LogP contribution is 2.34. The SMILES string of the molecule is CNc1ccccc1C1=CC2CCC(C1)N2. The van der Waals surface area contributed by atoms with Crippen LogP contribution >= 0.6 is 0 Å². The summed E-state index contributed by atoms with van der Waals surface area (Å²) in [5, 5.41) is 6.91. The van der Waals surface area contributed by atoms with Crippen molar-refractivity contribution < 1.29 is 0 Å². The molecule has 1 aromatic rings. The van der Waals surface area contributed by atoms with Gasteiger partial charge >= 0.3 is 0 Å². The van der Waals surface area contributed by atoms with Crippen molar-refractivity contribution in [3.63, 3.8) is 0 Å². The molecule has 2 aliphatic rings. The van der Waals surface area contributed by atoms with E-state index in [2.05, 4.69) is 41.0 Å². The van der Waals surface area contributed by atoms with Crippen LogP contribution in [0.3, 0.4) is 0 Å². The monoisotopic (exact) mass is 214 g/mol. The fourth-order valence-corrected chi connectivity index (χ4v) is 2.90. The summed E-state index contributed by atoms with van der Waals surface area (Å²) in [4.78, 5) is 0. The molecule has 2 nitrogen and oxygen atoms in total. The lowest BCUT2D eigenvalue weighted by Crippen LogP contribution is -2.32. The molecule has 0 amide bonds. The van der Waals surface area contributed by atoms with Gasteiger partial charge in [-0.2, -0.15) is 0 Å². The number of hydrogen-bond acceptors (Lipinski definition) is 2. The minimum absolute atomic E-state index is 0.610. The summed E-state index contributed by atoms with van der Waals surface area (Å²) in [5.41, 5.74) is 4.13. The van der Waals surface area contributed by atoms with E-state index in [1.807, 2.05) is 7.05 Å². The first-order chi connectivity index (χ1) is 7.86. The molecular formula is C14H18N2. The van der Waals surface area contributed by atoms with Gasteiger partial charge < -0.3 is 10.6 Å². The highest BCUT2D eigenvalue weighted by molar-refractivity contribution is 5.77. The zero-order valence-corrected chi connectivity index (χ0v) is 9.66. The highest BCUT2D eigenvalue weighted by Gasteiger charge is 2.28. The number of anilines is 1. The molecule has 1 aromatic carbocycles. The van der Waals surface area contributed by atoms with Crippen molar-refractivity contribution in [2.45, 2.75) is 31.3 Å². The van der Waals surface area contributed by atoms with Gasteiger partial charge in [0.05, 0.1) is 0 Å². The molecule has 1 saturated heterocycles. The predicted octanol–water partition coefficient (Wildman–Crippen LogP) is 2.64. The zero-order valence-electron chi connectivity index (χ0n) is 9.66. The zero-order chi connectivity index (χ0) is 11.0. The Hall–Kier alpha value is -1.28. The van der Waals surface area contributed by atoms with E-state index < -0.39 is 0 Å². The lowest BCUT2D eigenvalue weighted by atomic mass is 9.95. The van der Waals surface area contributed by atoms with Crippen LogP contribution in [0.5, 0.6) is 0 Å². The largest absolute Gasteiger partial charge is 0.388 e. The molecule has 16 heavy (non-hydrogen) atoms. The molecule has 0 radical (unpaired) electrons. The molecule has 2 N–H and O–H groups in total. The van der Waals surface area contributed by atoms with Gasteiger partial charge in [-0.05, 0) is 30.9 Å². The Morgan fingerprint density at radius 3 is 2.94 bits per heavy atom. The Kier molecular flexibility index (Phi) is 2.44. The molecule has 0 aromatic heterocycles. The van der Waals surface area contributed by atoms with Gasteiger partial charge in [0.15, 0.2) is 0 Å². The molecule has 2 bridgehead atoms. The number of nitrogens with one attached hydrogen (secondary N) is 2. The van der Waals surface area contributed by atoms with E-state index in [1.54, 1.807) is 0 Å². The third kappa shape index (κ3) is 1.63. The van der Waals surface area contributed by atoms with Crippen molar-refractivity contribution in [3.8, 4) is 0 Å². The first-order valence-corrected chi connectivity index (χ1v) is 6.11. The molecule has 0 spiro atoms. The second-order valence-electron chi connectivity index (χ2n) is 4.74. The van der Waals surface area contributed by atoms with Gasteiger partial charge in [0.1, 0.15) is 0 Å². The van der Waals surface area contributed by atoms with E-state index in [0.717, 1.165) is 0 Å². The van der Waals surface area contributed by atoms with Gasteiger partial charge in [-0.1, -0.05) is 24.3 Å². The minimum Gasteiger partial charge on any atom is -0.388 e. The van der Waals surface area contributed by atoms with Crippen LogP contribution < -0.4 is 10.6 Å². The molecule has 0 aliphatic carbocycles. The number of para-hydroxylation sites is 1. The van der Waals surface area contributed by atoms with Gasteiger partial charge in [0.25, 0.3) is 0 Å². The average Bonchev–Trinajstić information content (AvgIpc) is 2.68. The second-order valence-corrected chi connectivity index (χ2v) is 4.74. The number of benzene rings is 1. The number of fused-ring (bicyclic) bond motifs is 2. The van der Waals surface area contributed by atoms with Crippen molar-refractivity contribution in [2.24, 2.45) is 0 Å². The smallest absolute Gasteiger partial charge is 0.0413 e. The van der Waals surface area contributed by atoms with Gasteiger partial charge in [0, 0.05) is 30.4 Å². The molecular weight excluding hydrogens is 196 g/mol. The van der Waals surface area contributed by atoms with Crippen LogP contribution in [0, 0.1) is 0 Å². The van der Waals surface area contributed by atoms with E-state index in [4.69, 9.17) is 0 Å². The second kappa shape index (κ2) is 3.95. The lowest BCUT2D eigenvalue weighted by Gasteiger charge is -2.23. The van der Waals surface area contributed by atoms with Crippen molar-refractivity contribution >= 4 is 11.3 Å². The van der Waals surface area contributed by atoms with Crippen molar-refractivity contribution in [1.29, 1.82) is 0 Å². The summed E-state index contributed by atoms with van der Waals surface area (Å²) in [6.07, 6.45) is 6.22. The van der Waals surface area contributed by atoms with Crippen LogP contribution in [-0.4, -0.2) is 19.1 Å². The van der Waals surface area contributed by atoms with Crippen LogP contribution in [0.1, 0.15) is 24.8 Å². The normalized spacial score (nSPS) is 27.7. The molecule has 0 saturated carbocycles. The molecule has 3 rings (SSSR count). The maximum atomic E-state index is 3.63. The summed E-state index contributed by atoms with van der Waals surface area (Å²) in [6, 6.07) is 9.91. The fraction of sp³-hybridized carbons (Fsp3) is 0.429. The molecule has 1 fully saturated rings. The Balaban J connectivity index is 1.97. The summed E-state index contributed by atoms with van der Waals surface area (Å²) in [6.45, 7) is 0. The first-order valence-electron chi connectivity index (χ1n) is 6.11. The molecule has 2 aliphatic heterocycles. The van der Waals surface area contributed by atoms with Crippen molar-refractivity contribution in [1.82, 2.24) is 5.32 Å². The first kappa shape index (κ1) is 9.91. The van der Waals surface area contributed by atoms with E-state index >= 15 is 0 Å². The van der Waals surface area contributed by atoms with Gasteiger partial charge in [-0.3, -0.25) is 0 Å². The Labute approximate surface area is 96.7 Å². The van der Waals surface area contributed by atoms with Gasteiger partial charge in [-0.15, -0.1) is 0 Å². The number of hydrogen-bond donors (Lipinski definition) is 2. The Morgan fingerprint density at radius 1 is 1.25 bits per heavy atom. The molecule has 2 heteroatoms. The van der Waals surface area contributed by atoms with E-state index in [1.165, 1.54) is 36.1 Å². The topological polar surface area (TPSA) is 24.1 Å². The maximum absolute atomic E-state index is 3.63. The van der Waals surface area contributed by atoms with Crippen molar-refractivity contribution in [2.75, 3.05) is 12.4 Å². The van der Waals surface area contributed by atoms with E-state index in [9.17, 15) is 0 Å². The summed E-state index contributed by atoms with van der Waals surface area (Å²) < 4.78 is 0. The molecule has 84 valence electrons. The third-order valence-corrected chi connectivity index (χ3v) is 3.69. The summed E-state index contributed by atoms with van der Waals surface area (Å²) in [7, 11) is 2.00. The van der Waals surface area contributed by atoms with Crippen LogP contribution in [-0.2, 0) is 0 Å². The maximum Gasteiger partial charge on any atom is 0.0413 e. The minimum atomic E-state index is 0.610. The standard InChI is InChI=1S/C14H18N2/c1-15-14-5-3-2-4-13(14)10-8-11-6-7-12(9-10)16-11/h2-5,8,11-12,15-16H,6-7,9H2,1H3. The Bertz CT molecular complexity index is 422. The predicted molar refractivity (Wildman–Crippen MR) is 68.5 cm³/mol. The summed E-state index contributed by atoms with van der Waals surface area (Å²) >= 11 is 0. The van der Waals surface area contributed by atoms with Gasteiger partial charge in [0.2, 0.25) is 0 Å². The van der Waals surface area contributed by atoms with Gasteiger partial charge in [-0.25, -0.2) is 0 Å². The summed E-state index contributed by atoms with van der Waals surface area (Å²) in [5.74, 6) is 0. The molecule has 2 atom stereocenters. The van der Waals surface area contributed by atoms with Crippen molar-refractivity contribution in [3.05, 3.63) is 35.9 Å². The average molecular weight is 214 g/mol. The molecule has 2 unspecified atom stereocenters. The molecule has 2 heterocycles. The van der Waals surface area contributed by atoms with Crippen LogP contribution in [0.4, 0.5) is 5.69 Å². The van der Waals surface area contributed by atoms with E-state index in [0.29, 0.717) is 12.1 Å². The fourth-order valence-electron chi connectivity index (χ4n) is 2.90. The lowest BCUT2D eigenvalue weighted by molar-refractivity contribution is 0.575. The highest BCUT2D eigenvalue weighted by atomic mass is 15.0. The number of rotatable bonds is 2. The van der Waals surface area contributed by atoms with E-state index in [-0.39, 0.29) is 0 Å². The van der Waals surface area contributed by atoms with Crippen LogP contribution in [0.15, 0.2) is 30.3 Å². The Morgan fingerprint density at radius 2 is 2.12 bits per heavy atom. The quantitative estimate of drug-likeness (QED) is 0.791. The van der Waals surface area contributed by atoms with Crippen LogP contribution in [0.2, 0.25) is 0 Å².